The van der Waals surface area contributed by atoms with Crippen molar-refractivity contribution in [2.75, 3.05) is 0 Å². The van der Waals surface area contributed by atoms with Crippen LogP contribution < -0.4 is 0 Å². The van der Waals surface area contributed by atoms with E-state index in [-0.39, 0.29) is 5.02 Å². The van der Waals surface area contributed by atoms with Gasteiger partial charge < -0.3 is 9.31 Å². The molecule has 1 aliphatic heterocycles. The number of benzene rings is 1. The van der Waals surface area contributed by atoms with Crippen LogP contribution in [0.1, 0.15) is 33.3 Å². The van der Waals surface area contributed by atoms with E-state index in [2.05, 4.69) is 0 Å². The molecule has 1 heterocycles. The fourth-order valence-electron chi connectivity index (χ4n) is 1.93. The van der Waals surface area contributed by atoms with Crippen molar-refractivity contribution < 1.29 is 13.7 Å². The van der Waals surface area contributed by atoms with E-state index in [1.807, 2.05) is 27.7 Å². The molecule has 0 unspecified atom stereocenters. The van der Waals surface area contributed by atoms with Gasteiger partial charge in [-0.2, -0.15) is 0 Å². The summed E-state index contributed by atoms with van der Waals surface area (Å²) in [4.78, 5) is 0. The maximum atomic E-state index is 13.8. The average molecular weight is 271 g/mol. The molecule has 0 bridgehead atoms. The van der Waals surface area contributed by atoms with Gasteiger partial charge in [-0.25, -0.2) is 4.39 Å². The van der Waals surface area contributed by atoms with Gasteiger partial charge >= 0.3 is 7.12 Å². The molecular formula is C13H17BClFO2. The maximum absolute atomic E-state index is 13.8. The van der Waals surface area contributed by atoms with Crippen molar-refractivity contribution in [1.82, 2.24) is 0 Å². The molecule has 1 saturated heterocycles. The van der Waals surface area contributed by atoms with Crippen LogP contribution in [0, 0.1) is 5.82 Å². The van der Waals surface area contributed by atoms with E-state index in [9.17, 15) is 4.39 Å². The van der Waals surface area contributed by atoms with E-state index in [1.165, 1.54) is 6.07 Å². The zero-order valence-electron chi connectivity index (χ0n) is 11.1. The molecule has 0 N–H and O–H groups in total. The predicted molar refractivity (Wildman–Crippen MR) is 71.2 cm³/mol. The van der Waals surface area contributed by atoms with Crippen molar-refractivity contribution in [3.05, 3.63) is 34.6 Å². The van der Waals surface area contributed by atoms with Crippen LogP contribution in [0.2, 0.25) is 5.02 Å². The van der Waals surface area contributed by atoms with E-state index in [1.54, 1.807) is 12.1 Å². The summed E-state index contributed by atoms with van der Waals surface area (Å²) in [5.74, 6) is -0.395. The Hall–Kier alpha value is -0.575. The molecular weight excluding hydrogens is 253 g/mol. The van der Waals surface area contributed by atoms with Gasteiger partial charge in [0.15, 0.2) is 0 Å². The van der Waals surface area contributed by atoms with Gasteiger partial charge in [-0.1, -0.05) is 23.7 Å². The fraction of sp³-hybridized carbons (Fsp3) is 0.538. The Bertz CT molecular complexity index is 446. The first kappa shape index (κ1) is 13.8. The molecule has 1 aliphatic rings. The van der Waals surface area contributed by atoms with Gasteiger partial charge in [0.25, 0.3) is 0 Å². The molecule has 1 fully saturated rings. The van der Waals surface area contributed by atoms with Crippen molar-refractivity contribution in [1.29, 1.82) is 0 Å². The summed E-state index contributed by atoms with van der Waals surface area (Å²) in [7, 11) is -0.442. The summed E-state index contributed by atoms with van der Waals surface area (Å²) in [6, 6.07) is 4.96. The molecule has 0 saturated carbocycles. The highest BCUT2D eigenvalue weighted by Crippen LogP contribution is 2.37. The van der Waals surface area contributed by atoms with Crippen molar-refractivity contribution in [3.63, 3.8) is 0 Å². The molecule has 0 aliphatic carbocycles. The number of hydrogen-bond donors (Lipinski definition) is 0. The van der Waals surface area contributed by atoms with Crippen molar-refractivity contribution in [2.24, 2.45) is 0 Å². The van der Waals surface area contributed by atoms with E-state index < -0.39 is 24.1 Å². The zero-order chi connectivity index (χ0) is 13.6. The van der Waals surface area contributed by atoms with E-state index in [0.29, 0.717) is 11.9 Å². The van der Waals surface area contributed by atoms with Crippen LogP contribution in [0.15, 0.2) is 18.2 Å². The van der Waals surface area contributed by atoms with Crippen LogP contribution in [-0.4, -0.2) is 18.3 Å². The maximum Gasteiger partial charge on any atom is 0.462 e. The van der Waals surface area contributed by atoms with Gasteiger partial charge in [-0.05, 0) is 39.3 Å². The quantitative estimate of drug-likeness (QED) is 0.764. The summed E-state index contributed by atoms with van der Waals surface area (Å²) in [5, 5.41) is 0.129. The minimum Gasteiger partial charge on any atom is -0.403 e. The van der Waals surface area contributed by atoms with Crippen LogP contribution in [0.3, 0.4) is 0 Å². The monoisotopic (exact) mass is 270 g/mol. The highest BCUT2D eigenvalue weighted by Gasteiger charge is 2.50. The predicted octanol–water partition coefficient (Wildman–Crippen LogP) is 3.65. The lowest BCUT2D eigenvalue weighted by molar-refractivity contribution is 0.00578. The van der Waals surface area contributed by atoms with Gasteiger partial charge in [0.05, 0.1) is 16.2 Å². The van der Waals surface area contributed by atoms with Crippen molar-refractivity contribution in [2.45, 2.75) is 45.2 Å². The SMILES string of the molecule is CC1(C)OB(Cc2cccc(Cl)c2F)OC1(C)C. The Kier molecular flexibility index (Phi) is 3.47. The van der Waals surface area contributed by atoms with Gasteiger partial charge in [0.2, 0.25) is 0 Å². The minimum absolute atomic E-state index is 0.129. The minimum atomic E-state index is -0.442. The first-order chi connectivity index (χ1) is 8.23. The van der Waals surface area contributed by atoms with Crippen molar-refractivity contribution >= 4 is 18.7 Å². The topological polar surface area (TPSA) is 18.5 Å². The molecule has 0 amide bonds. The third kappa shape index (κ3) is 2.42. The second-order valence-corrected chi connectivity index (χ2v) is 6.01. The Morgan fingerprint density at radius 2 is 1.72 bits per heavy atom. The standard InChI is InChI=1S/C13H17BClFO2/c1-12(2)13(3,4)18-14(17-12)8-9-6-5-7-10(15)11(9)16/h5-7H,8H2,1-4H3. The van der Waals surface area contributed by atoms with Crippen LogP contribution in [0.4, 0.5) is 4.39 Å². The number of halogens is 2. The number of hydrogen-bond acceptors (Lipinski definition) is 2. The smallest absolute Gasteiger partial charge is 0.403 e. The third-order valence-corrected chi connectivity index (χ3v) is 4.01. The summed E-state index contributed by atoms with van der Waals surface area (Å²) in [6.45, 7) is 7.89. The molecule has 5 heteroatoms. The Morgan fingerprint density at radius 3 is 2.28 bits per heavy atom. The molecule has 98 valence electrons. The first-order valence-corrected chi connectivity index (χ1v) is 6.39. The average Bonchev–Trinajstić information content (AvgIpc) is 2.43. The highest BCUT2D eigenvalue weighted by atomic mass is 35.5. The third-order valence-electron chi connectivity index (χ3n) is 3.72. The molecule has 0 spiro atoms. The second-order valence-electron chi connectivity index (χ2n) is 5.60. The Morgan fingerprint density at radius 1 is 1.17 bits per heavy atom. The molecule has 18 heavy (non-hydrogen) atoms. The molecule has 0 aromatic heterocycles. The number of rotatable bonds is 2. The van der Waals surface area contributed by atoms with Gasteiger partial charge in [0, 0.05) is 6.32 Å². The highest BCUT2D eigenvalue weighted by molar-refractivity contribution is 6.45. The molecule has 1 aromatic carbocycles. The van der Waals surface area contributed by atoms with Crippen LogP contribution in [-0.2, 0) is 15.6 Å². The summed E-state index contributed by atoms with van der Waals surface area (Å²) in [6.07, 6.45) is 0.360. The van der Waals surface area contributed by atoms with E-state index >= 15 is 0 Å². The lowest BCUT2D eigenvalue weighted by Gasteiger charge is -2.32. The summed E-state index contributed by atoms with van der Waals surface area (Å²) >= 11 is 5.75. The van der Waals surface area contributed by atoms with Crippen LogP contribution in [0.25, 0.3) is 0 Å². The Labute approximate surface area is 113 Å². The molecule has 0 atom stereocenters. The van der Waals surface area contributed by atoms with E-state index in [4.69, 9.17) is 20.9 Å². The molecule has 1 aromatic rings. The first-order valence-electron chi connectivity index (χ1n) is 6.01. The van der Waals surface area contributed by atoms with Crippen LogP contribution >= 0.6 is 11.6 Å². The fourth-order valence-corrected chi connectivity index (χ4v) is 2.13. The summed E-state index contributed by atoms with van der Waals surface area (Å²) < 4.78 is 25.5. The molecule has 0 radical (unpaired) electrons. The zero-order valence-corrected chi connectivity index (χ0v) is 11.8. The summed E-state index contributed by atoms with van der Waals surface area (Å²) in [5.41, 5.74) is -0.277. The lowest BCUT2D eigenvalue weighted by atomic mass is 9.80. The lowest BCUT2D eigenvalue weighted by Crippen LogP contribution is -2.41. The largest absolute Gasteiger partial charge is 0.462 e. The van der Waals surface area contributed by atoms with Crippen LogP contribution in [0.5, 0.6) is 0 Å². The van der Waals surface area contributed by atoms with Gasteiger partial charge in [-0.15, -0.1) is 0 Å². The van der Waals surface area contributed by atoms with Gasteiger partial charge in [0.1, 0.15) is 5.82 Å². The molecule has 2 nitrogen and oxygen atoms in total. The molecule has 2 rings (SSSR count). The van der Waals surface area contributed by atoms with E-state index in [0.717, 1.165) is 0 Å². The Balaban J connectivity index is 2.15. The normalized spacial score (nSPS) is 21.3. The van der Waals surface area contributed by atoms with Crippen molar-refractivity contribution in [3.8, 4) is 0 Å². The van der Waals surface area contributed by atoms with Gasteiger partial charge in [-0.3, -0.25) is 0 Å². The second kappa shape index (κ2) is 4.51.